The van der Waals surface area contributed by atoms with E-state index in [2.05, 4.69) is 15.3 Å². The highest BCUT2D eigenvalue weighted by Crippen LogP contribution is 2.27. The van der Waals surface area contributed by atoms with Gasteiger partial charge in [0.05, 0.1) is 11.5 Å². The Morgan fingerprint density at radius 2 is 1.50 bits per heavy atom. The van der Waals surface area contributed by atoms with Gasteiger partial charge in [-0.15, -0.1) is 0 Å². The van der Waals surface area contributed by atoms with E-state index in [-0.39, 0.29) is 5.56 Å². The van der Waals surface area contributed by atoms with Crippen LogP contribution in [0.2, 0.25) is 0 Å². The van der Waals surface area contributed by atoms with Gasteiger partial charge in [0.2, 0.25) is 0 Å². The van der Waals surface area contributed by atoms with Crippen LogP contribution in [0.15, 0.2) is 78.9 Å². The second-order valence-electron chi connectivity index (χ2n) is 5.77. The summed E-state index contributed by atoms with van der Waals surface area (Å²) in [6.07, 6.45) is 0. The number of carbonyl (C=O) groups is 1. The number of nitrogens with zero attached hydrogens (tertiary/aromatic N) is 2. The van der Waals surface area contributed by atoms with Crippen LogP contribution in [0.4, 0.5) is 11.5 Å². The van der Waals surface area contributed by atoms with Crippen LogP contribution in [0.1, 0.15) is 10.4 Å². The lowest BCUT2D eigenvalue weighted by atomic mass is 10.1. The van der Waals surface area contributed by atoms with Gasteiger partial charge in [0, 0.05) is 16.6 Å². The third-order valence-corrected chi connectivity index (χ3v) is 4.02. The number of rotatable bonds is 4. The van der Waals surface area contributed by atoms with Gasteiger partial charge in [-0.25, -0.2) is 9.97 Å². The molecule has 0 atom stereocenters. The molecule has 5 heteroatoms. The van der Waals surface area contributed by atoms with Gasteiger partial charge < -0.3 is 15.2 Å². The van der Waals surface area contributed by atoms with Crippen molar-refractivity contribution in [2.45, 2.75) is 0 Å². The summed E-state index contributed by atoms with van der Waals surface area (Å²) in [5.74, 6) is 0.0872. The van der Waals surface area contributed by atoms with Crippen LogP contribution >= 0.6 is 0 Å². The van der Waals surface area contributed by atoms with Crippen LogP contribution in [-0.4, -0.2) is 15.9 Å². The van der Waals surface area contributed by atoms with Gasteiger partial charge in [0.15, 0.2) is 5.82 Å². The van der Waals surface area contributed by atoms with Crippen LogP contribution < -0.4 is 10.4 Å². The summed E-state index contributed by atoms with van der Waals surface area (Å²) in [5, 5.41) is 15.0. The zero-order chi connectivity index (χ0) is 17.9. The van der Waals surface area contributed by atoms with E-state index < -0.39 is 5.97 Å². The van der Waals surface area contributed by atoms with E-state index in [0.717, 1.165) is 22.2 Å². The molecule has 0 fully saturated rings. The predicted molar refractivity (Wildman–Crippen MR) is 99.0 cm³/mol. The molecule has 1 aromatic heterocycles. The molecular formula is C21H14N3O2-. The molecule has 126 valence electrons. The van der Waals surface area contributed by atoms with Gasteiger partial charge in [-0.1, -0.05) is 54.6 Å². The topological polar surface area (TPSA) is 77.9 Å². The molecular weight excluding hydrogens is 326 g/mol. The molecule has 0 saturated heterocycles. The highest BCUT2D eigenvalue weighted by molar-refractivity contribution is 5.92. The molecule has 5 nitrogen and oxygen atoms in total. The first-order valence-electron chi connectivity index (χ1n) is 8.11. The Balaban J connectivity index is 1.79. The molecule has 0 aliphatic heterocycles. The molecule has 0 radical (unpaired) electrons. The molecule has 1 N–H and O–H groups in total. The fraction of sp³-hybridized carbons (Fsp3) is 0. The second-order valence-corrected chi connectivity index (χ2v) is 5.77. The van der Waals surface area contributed by atoms with Crippen molar-refractivity contribution in [3.8, 4) is 11.4 Å². The Labute approximate surface area is 150 Å². The van der Waals surface area contributed by atoms with Crippen molar-refractivity contribution < 1.29 is 9.90 Å². The number of hydrogen-bond acceptors (Lipinski definition) is 5. The van der Waals surface area contributed by atoms with Gasteiger partial charge in [0.25, 0.3) is 0 Å². The molecule has 0 bridgehead atoms. The van der Waals surface area contributed by atoms with E-state index in [1.54, 1.807) is 12.1 Å². The average molecular weight is 340 g/mol. The fourth-order valence-corrected chi connectivity index (χ4v) is 2.71. The van der Waals surface area contributed by atoms with Crippen LogP contribution in [0.25, 0.3) is 22.3 Å². The lowest BCUT2D eigenvalue weighted by molar-refractivity contribution is -0.255. The van der Waals surface area contributed by atoms with Crippen molar-refractivity contribution in [1.29, 1.82) is 0 Å². The zero-order valence-corrected chi connectivity index (χ0v) is 13.7. The van der Waals surface area contributed by atoms with E-state index in [4.69, 9.17) is 0 Å². The summed E-state index contributed by atoms with van der Waals surface area (Å²) in [5.41, 5.74) is 2.62. The Hall–Kier alpha value is -3.73. The van der Waals surface area contributed by atoms with E-state index in [0.29, 0.717) is 11.6 Å². The van der Waals surface area contributed by atoms with Crippen LogP contribution in [0, 0.1) is 0 Å². The molecule has 0 aliphatic carbocycles. The SMILES string of the molecule is O=C([O-])c1ccc(Nc2nc(-c3ccccc3)nc3ccccc23)cc1. The molecule has 0 saturated carbocycles. The number of aromatic carboxylic acids is 1. The summed E-state index contributed by atoms with van der Waals surface area (Å²) in [4.78, 5) is 20.2. The summed E-state index contributed by atoms with van der Waals surface area (Å²) in [7, 11) is 0. The third-order valence-electron chi connectivity index (χ3n) is 4.02. The van der Waals surface area contributed by atoms with Gasteiger partial charge in [0.1, 0.15) is 5.82 Å². The first-order chi connectivity index (χ1) is 12.7. The number of para-hydroxylation sites is 1. The maximum absolute atomic E-state index is 10.9. The quantitative estimate of drug-likeness (QED) is 0.616. The normalized spacial score (nSPS) is 10.6. The second kappa shape index (κ2) is 6.64. The number of benzene rings is 3. The van der Waals surface area contributed by atoms with Crippen LogP contribution in [-0.2, 0) is 0 Å². The Morgan fingerprint density at radius 3 is 2.23 bits per heavy atom. The zero-order valence-electron chi connectivity index (χ0n) is 13.7. The number of carbonyl (C=O) groups excluding carboxylic acids is 1. The van der Waals surface area contributed by atoms with Crippen molar-refractivity contribution in [2.75, 3.05) is 5.32 Å². The number of anilines is 2. The summed E-state index contributed by atoms with van der Waals surface area (Å²) in [6, 6.07) is 23.9. The smallest absolute Gasteiger partial charge is 0.162 e. The van der Waals surface area contributed by atoms with Crippen molar-refractivity contribution in [1.82, 2.24) is 9.97 Å². The maximum atomic E-state index is 10.9. The van der Waals surface area contributed by atoms with Crippen molar-refractivity contribution in [3.63, 3.8) is 0 Å². The Morgan fingerprint density at radius 1 is 0.808 bits per heavy atom. The number of fused-ring (bicyclic) bond motifs is 1. The van der Waals surface area contributed by atoms with Gasteiger partial charge >= 0.3 is 0 Å². The highest BCUT2D eigenvalue weighted by atomic mass is 16.4. The van der Waals surface area contributed by atoms with E-state index >= 15 is 0 Å². The average Bonchev–Trinajstić information content (AvgIpc) is 2.69. The number of carboxylic acid groups (broad SMARTS) is 1. The predicted octanol–water partition coefficient (Wildman–Crippen LogP) is 3.40. The highest BCUT2D eigenvalue weighted by Gasteiger charge is 2.09. The molecule has 1 heterocycles. The monoisotopic (exact) mass is 340 g/mol. The number of aromatic nitrogens is 2. The Kier molecular flexibility index (Phi) is 4.03. The third kappa shape index (κ3) is 3.10. The van der Waals surface area contributed by atoms with E-state index in [1.165, 1.54) is 12.1 Å². The number of carboxylic acids is 1. The minimum atomic E-state index is -1.20. The molecule has 3 aromatic carbocycles. The molecule has 4 rings (SSSR count). The van der Waals surface area contributed by atoms with Crippen molar-refractivity contribution in [2.24, 2.45) is 0 Å². The first kappa shape index (κ1) is 15.8. The molecule has 0 aliphatic rings. The number of hydrogen-bond donors (Lipinski definition) is 1. The summed E-state index contributed by atoms with van der Waals surface area (Å²) in [6.45, 7) is 0. The molecule has 0 spiro atoms. The minimum absolute atomic E-state index is 0.132. The fourth-order valence-electron chi connectivity index (χ4n) is 2.71. The lowest BCUT2D eigenvalue weighted by Crippen LogP contribution is -2.21. The maximum Gasteiger partial charge on any atom is 0.162 e. The minimum Gasteiger partial charge on any atom is -0.545 e. The molecule has 26 heavy (non-hydrogen) atoms. The van der Waals surface area contributed by atoms with E-state index in [1.807, 2.05) is 54.6 Å². The van der Waals surface area contributed by atoms with Gasteiger partial charge in [-0.05, 0) is 29.8 Å². The van der Waals surface area contributed by atoms with Crippen molar-refractivity contribution >= 4 is 28.4 Å². The van der Waals surface area contributed by atoms with Gasteiger partial charge in [-0.3, -0.25) is 0 Å². The summed E-state index contributed by atoms with van der Waals surface area (Å²) >= 11 is 0. The standard InChI is InChI=1S/C21H15N3O2/c25-21(26)15-10-12-16(13-11-15)22-20-17-8-4-5-9-18(17)23-19(24-20)14-6-2-1-3-7-14/h1-13H,(H,25,26)(H,22,23,24)/p-1. The first-order valence-corrected chi connectivity index (χ1v) is 8.11. The van der Waals surface area contributed by atoms with Crippen molar-refractivity contribution in [3.05, 3.63) is 84.4 Å². The summed E-state index contributed by atoms with van der Waals surface area (Å²) < 4.78 is 0. The Bertz CT molecular complexity index is 1080. The lowest BCUT2D eigenvalue weighted by Gasteiger charge is -2.12. The molecule has 4 aromatic rings. The van der Waals surface area contributed by atoms with Gasteiger partial charge in [-0.2, -0.15) is 0 Å². The van der Waals surface area contributed by atoms with E-state index in [9.17, 15) is 9.90 Å². The van der Waals surface area contributed by atoms with Crippen LogP contribution in [0.3, 0.4) is 0 Å². The number of nitrogens with one attached hydrogen (secondary N) is 1. The largest absolute Gasteiger partial charge is 0.545 e. The molecule has 0 amide bonds. The molecule has 0 unspecified atom stereocenters. The van der Waals surface area contributed by atoms with Crippen LogP contribution in [0.5, 0.6) is 0 Å².